The minimum atomic E-state index is -3.66. The molecule has 0 aliphatic carbocycles. The van der Waals surface area contributed by atoms with Crippen LogP contribution in [0.2, 0.25) is 0 Å². The maximum Gasteiger partial charge on any atom is 0.248 e. The van der Waals surface area contributed by atoms with Crippen LogP contribution >= 0.6 is 11.3 Å². The highest BCUT2D eigenvalue weighted by Gasteiger charge is 2.27. The van der Waals surface area contributed by atoms with Crippen molar-refractivity contribution in [2.45, 2.75) is 4.90 Å². The van der Waals surface area contributed by atoms with Crippen molar-refractivity contribution in [3.8, 4) is 5.75 Å². The third kappa shape index (κ3) is 4.75. The first-order valence-electron chi connectivity index (χ1n) is 8.29. The summed E-state index contributed by atoms with van der Waals surface area (Å²) in [6.45, 7) is 1.35. The second kappa shape index (κ2) is 8.66. The third-order valence-electron chi connectivity index (χ3n) is 3.98. The van der Waals surface area contributed by atoms with Crippen molar-refractivity contribution >= 4 is 39.0 Å². The highest BCUT2D eigenvalue weighted by molar-refractivity contribution is 7.89. The molecule has 2 aromatic rings. The van der Waals surface area contributed by atoms with E-state index in [-0.39, 0.29) is 10.8 Å². The number of rotatable bonds is 6. The van der Waals surface area contributed by atoms with Gasteiger partial charge in [0.25, 0.3) is 0 Å². The molecule has 0 bridgehead atoms. The van der Waals surface area contributed by atoms with Crippen molar-refractivity contribution in [1.29, 1.82) is 0 Å². The molecule has 27 heavy (non-hydrogen) atoms. The van der Waals surface area contributed by atoms with E-state index in [4.69, 9.17) is 9.47 Å². The Bertz CT molecular complexity index is 917. The lowest BCUT2D eigenvalue weighted by Crippen LogP contribution is -2.40. The van der Waals surface area contributed by atoms with E-state index in [0.717, 1.165) is 4.88 Å². The zero-order valence-electron chi connectivity index (χ0n) is 14.8. The lowest BCUT2D eigenvalue weighted by Gasteiger charge is -2.26. The van der Waals surface area contributed by atoms with E-state index in [0.29, 0.717) is 37.7 Å². The summed E-state index contributed by atoms with van der Waals surface area (Å²) in [6.07, 6.45) is 3.09. The highest BCUT2D eigenvalue weighted by Crippen LogP contribution is 2.29. The molecule has 1 aromatic carbocycles. The molecule has 1 saturated heterocycles. The van der Waals surface area contributed by atoms with Gasteiger partial charge in [-0.25, -0.2) is 8.42 Å². The molecule has 0 unspecified atom stereocenters. The molecular weight excluding hydrogens is 388 g/mol. The van der Waals surface area contributed by atoms with Gasteiger partial charge in [-0.1, -0.05) is 6.07 Å². The summed E-state index contributed by atoms with van der Waals surface area (Å²) in [5, 5.41) is 4.60. The van der Waals surface area contributed by atoms with E-state index < -0.39 is 10.0 Å². The number of ether oxygens (including phenoxy) is 2. The summed E-state index contributed by atoms with van der Waals surface area (Å²) >= 11 is 1.51. The van der Waals surface area contributed by atoms with Gasteiger partial charge in [0.2, 0.25) is 15.9 Å². The van der Waals surface area contributed by atoms with Gasteiger partial charge in [-0.15, -0.1) is 11.3 Å². The number of hydrogen-bond acceptors (Lipinski definition) is 6. The minimum Gasteiger partial charge on any atom is -0.495 e. The first kappa shape index (κ1) is 19.6. The number of nitrogens with one attached hydrogen (secondary N) is 1. The first-order chi connectivity index (χ1) is 13.0. The van der Waals surface area contributed by atoms with E-state index >= 15 is 0 Å². The Morgan fingerprint density at radius 1 is 1.30 bits per heavy atom. The number of hydrogen-bond donors (Lipinski definition) is 1. The fraction of sp³-hybridized carbons (Fsp3) is 0.278. The Morgan fingerprint density at radius 2 is 2.07 bits per heavy atom. The number of benzene rings is 1. The van der Waals surface area contributed by atoms with Crippen LogP contribution in [-0.2, 0) is 19.6 Å². The van der Waals surface area contributed by atoms with Crippen LogP contribution in [0, 0.1) is 0 Å². The SMILES string of the molecule is COc1ccc(S(=O)(=O)N2CCOCC2)cc1NC(=O)C=Cc1cccs1. The Balaban J connectivity index is 1.82. The van der Waals surface area contributed by atoms with E-state index in [1.54, 1.807) is 6.08 Å². The van der Waals surface area contributed by atoms with Gasteiger partial charge in [-0.2, -0.15) is 4.31 Å². The summed E-state index contributed by atoms with van der Waals surface area (Å²) in [6, 6.07) is 8.21. The zero-order valence-corrected chi connectivity index (χ0v) is 16.4. The molecule has 0 saturated carbocycles. The molecule has 1 fully saturated rings. The Kier molecular flexibility index (Phi) is 6.27. The summed E-state index contributed by atoms with van der Waals surface area (Å²) in [5.74, 6) is 0.0106. The van der Waals surface area contributed by atoms with Crippen LogP contribution in [0.25, 0.3) is 6.08 Å². The van der Waals surface area contributed by atoms with Gasteiger partial charge in [0.05, 0.1) is 30.9 Å². The zero-order chi connectivity index (χ0) is 19.3. The maximum atomic E-state index is 12.8. The fourth-order valence-corrected chi connectivity index (χ4v) is 4.65. The molecule has 1 N–H and O–H groups in total. The van der Waals surface area contributed by atoms with Gasteiger partial charge >= 0.3 is 0 Å². The number of thiophene rings is 1. The summed E-state index contributed by atoms with van der Waals surface area (Å²) in [7, 11) is -2.20. The predicted molar refractivity (Wildman–Crippen MR) is 105 cm³/mol. The van der Waals surface area contributed by atoms with Gasteiger partial charge < -0.3 is 14.8 Å². The summed E-state index contributed by atoms with van der Waals surface area (Å²) < 4.78 is 37.5. The van der Waals surface area contributed by atoms with Crippen LogP contribution in [0.3, 0.4) is 0 Å². The molecule has 1 aliphatic rings. The van der Waals surface area contributed by atoms with Gasteiger partial charge in [-0.05, 0) is 35.7 Å². The van der Waals surface area contributed by atoms with Gasteiger partial charge in [0, 0.05) is 24.0 Å². The fourth-order valence-electron chi connectivity index (χ4n) is 2.60. The number of methoxy groups -OCH3 is 1. The number of carbonyl (C=O) groups excluding carboxylic acids is 1. The minimum absolute atomic E-state index is 0.0998. The molecule has 1 aromatic heterocycles. The van der Waals surface area contributed by atoms with Crippen molar-refractivity contribution in [1.82, 2.24) is 4.31 Å². The number of anilines is 1. The average molecular weight is 409 g/mol. The largest absolute Gasteiger partial charge is 0.495 e. The normalized spacial score (nSPS) is 15.7. The second-order valence-corrected chi connectivity index (χ2v) is 8.63. The van der Waals surface area contributed by atoms with E-state index in [2.05, 4.69) is 5.32 Å². The monoisotopic (exact) mass is 408 g/mol. The van der Waals surface area contributed by atoms with Gasteiger partial charge in [0.15, 0.2) is 0 Å². The van der Waals surface area contributed by atoms with E-state index in [1.165, 1.54) is 47.0 Å². The number of nitrogens with zero attached hydrogens (tertiary/aromatic N) is 1. The standard InChI is InChI=1S/C18H20N2O5S2/c1-24-17-6-5-15(27(22,23)20-8-10-25-11-9-20)13-16(17)19-18(21)7-4-14-3-2-12-26-14/h2-7,12-13H,8-11H2,1H3,(H,19,21). The number of carbonyl (C=O) groups is 1. The lowest BCUT2D eigenvalue weighted by atomic mass is 10.3. The van der Waals surface area contributed by atoms with Crippen molar-refractivity contribution in [2.24, 2.45) is 0 Å². The summed E-state index contributed by atoms with van der Waals surface area (Å²) in [5.41, 5.74) is 0.299. The molecule has 1 amide bonds. The second-order valence-electron chi connectivity index (χ2n) is 5.72. The van der Waals surface area contributed by atoms with Crippen molar-refractivity contribution < 1.29 is 22.7 Å². The molecule has 2 heterocycles. The number of amides is 1. The topological polar surface area (TPSA) is 84.9 Å². The van der Waals surface area contributed by atoms with Crippen LogP contribution in [-0.4, -0.2) is 52.0 Å². The molecular formula is C18H20N2O5S2. The molecule has 7 nitrogen and oxygen atoms in total. The van der Waals surface area contributed by atoms with Gasteiger partial charge in [-0.3, -0.25) is 4.79 Å². The molecule has 0 spiro atoms. The van der Waals surface area contributed by atoms with Crippen LogP contribution in [0.4, 0.5) is 5.69 Å². The maximum absolute atomic E-state index is 12.8. The van der Waals surface area contributed by atoms with Crippen molar-refractivity contribution in [3.63, 3.8) is 0 Å². The van der Waals surface area contributed by atoms with Crippen LogP contribution in [0.5, 0.6) is 5.75 Å². The van der Waals surface area contributed by atoms with Crippen molar-refractivity contribution in [2.75, 3.05) is 38.7 Å². The Labute approximate surface area is 162 Å². The molecule has 9 heteroatoms. The first-order valence-corrected chi connectivity index (χ1v) is 10.6. The lowest BCUT2D eigenvalue weighted by molar-refractivity contribution is -0.111. The van der Waals surface area contributed by atoms with Crippen LogP contribution in [0.15, 0.2) is 46.7 Å². The quantitative estimate of drug-likeness (QED) is 0.742. The van der Waals surface area contributed by atoms with E-state index in [1.807, 2.05) is 17.5 Å². The smallest absolute Gasteiger partial charge is 0.248 e. The van der Waals surface area contributed by atoms with Crippen LogP contribution in [0.1, 0.15) is 4.88 Å². The van der Waals surface area contributed by atoms with Gasteiger partial charge in [0.1, 0.15) is 5.75 Å². The van der Waals surface area contributed by atoms with Crippen molar-refractivity contribution in [3.05, 3.63) is 46.7 Å². The number of morpholine rings is 1. The average Bonchev–Trinajstić information content (AvgIpc) is 3.20. The Hall–Kier alpha value is -2.20. The molecule has 0 radical (unpaired) electrons. The highest BCUT2D eigenvalue weighted by atomic mass is 32.2. The predicted octanol–water partition coefficient (Wildman–Crippen LogP) is 2.43. The molecule has 0 atom stereocenters. The van der Waals surface area contributed by atoms with E-state index in [9.17, 15) is 13.2 Å². The summed E-state index contributed by atoms with van der Waals surface area (Å²) in [4.78, 5) is 13.3. The molecule has 1 aliphatic heterocycles. The third-order valence-corrected chi connectivity index (χ3v) is 6.71. The molecule has 3 rings (SSSR count). The van der Waals surface area contributed by atoms with Crippen LogP contribution < -0.4 is 10.1 Å². The molecule has 144 valence electrons. The number of sulfonamides is 1. The Morgan fingerprint density at radius 3 is 2.74 bits per heavy atom.